The van der Waals surface area contributed by atoms with Crippen molar-refractivity contribution in [2.75, 3.05) is 11.9 Å². The summed E-state index contributed by atoms with van der Waals surface area (Å²) in [5.41, 5.74) is -0.360. The highest BCUT2D eigenvalue weighted by Gasteiger charge is 2.57. The maximum absolute atomic E-state index is 13.0. The SMILES string of the molecule is CC(C)Oc1nc2nc(C34CCOC(C)(C3)C4)cn2cc1C(=O)Nc1cccc(C(F)(F)F)n1. The number of imidazole rings is 1. The van der Waals surface area contributed by atoms with Crippen LogP contribution in [-0.2, 0) is 16.3 Å². The molecule has 0 atom stereocenters. The lowest BCUT2D eigenvalue weighted by molar-refractivity contribution is -0.182. The van der Waals surface area contributed by atoms with E-state index in [1.165, 1.54) is 18.3 Å². The molecule has 3 aliphatic rings. The minimum absolute atomic E-state index is 0.0482. The van der Waals surface area contributed by atoms with Crippen LogP contribution >= 0.6 is 0 Å². The van der Waals surface area contributed by atoms with Gasteiger partial charge in [-0.25, -0.2) is 9.97 Å². The van der Waals surface area contributed by atoms with Gasteiger partial charge in [0.2, 0.25) is 11.7 Å². The number of hydrogen-bond donors (Lipinski definition) is 1. The minimum Gasteiger partial charge on any atom is -0.474 e. The second-order valence-electron chi connectivity index (χ2n) is 9.50. The number of alkyl halides is 3. The van der Waals surface area contributed by atoms with Gasteiger partial charge in [0.15, 0.2) is 0 Å². The number of amides is 1. The molecule has 1 aliphatic carbocycles. The number of nitrogens with zero attached hydrogens (tertiary/aromatic N) is 4. The fourth-order valence-corrected chi connectivity index (χ4v) is 4.94. The standard InChI is InChI=1S/C23H24F3N5O3/c1-13(2)34-19-14(18(32)29-17-6-4-5-15(27-17)23(24,25)26)9-31-10-16(28-20(31)30-19)22-7-8-33-21(3,11-22)12-22/h4-6,9-10,13H,7-8,11-12H2,1-3H3,(H,27,29,32). The lowest BCUT2D eigenvalue weighted by atomic mass is 9.55. The van der Waals surface area contributed by atoms with Gasteiger partial charge >= 0.3 is 6.18 Å². The minimum atomic E-state index is -4.62. The number of hydrogen-bond acceptors (Lipinski definition) is 6. The quantitative estimate of drug-likeness (QED) is 0.589. The Balaban J connectivity index is 1.49. The lowest BCUT2D eigenvalue weighted by Crippen LogP contribution is -2.59. The molecule has 3 fully saturated rings. The summed E-state index contributed by atoms with van der Waals surface area (Å²) < 4.78 is 52.3. The fourth-order valence-electron chi connectivity index (χ4n) is 4.94. The van der Waals surface area contributed by atoms with Crippen LogP contribution in [0.3, 0.4) is 0 Å². The normalized spacial score (nSPS) is 24.2. The average molecular weight is 475 g/mol. The Labute approximate surface area is 193 Å². The van der Waals surface area contributed by atoms with E-state index in [0.29, 0.717) is 12.4 Å². The van der Waals surface area contributed by atoms with Crippen molar-refractivity contribution >= 4 is 17.5 Å². The number of rotatable bonds is 5. The summed E-state index contributed by atoms with van der Waals surface area (Å²) in [6, 6.07) is 3.31. The van der Waals surface area contributed by atoms with E-state index in [4.69, 9.17) is 14.5 Å². The monoisotopic (exact) mass is 475 g/mol. The summed E-state index contributed by atoms with van der Waals surface area (Å²) in [5.74, 6) is -0.481. The molecule has 3 aromatic heterocycles. The van der Waals surface area contributed by atoms with Crippen molar-refractivity contribution in [3.63, 3.8) is 0 Å². The van der Waals surface area contributed by atoms with Crippen LogP contribution in [0.5, 0.6) is 5.88 Å². The molecule has 0 spiro atoms. The summed E-state index contributed by atoms with van der Waals surface area (Å²) in [5, 5.41) is 2.42. The van der Waals surface area contributed by atoms with Crippen LogP contribution in [0.2, 0.25) is 0 Å². The Bertz CT molecular complexity index is 1260. The highest BCUT2D eigenvalue weighted by atomic mass is 19.4. The Kier molecular flexibility index (Phi) is 5.08. The number of anilines is 1. The second kappa shape index (κ2) is 7.66. The molecule has 2 bridgehead atoms. The Morgan fingerprint density at radius 3 is 2.65 bits per heavy atom. The number of pyridine rings is 1. The van der Waals surface area contributed by atoms with Crippen molar-refractivity contribution in [3.05, 3.63) is 47.5 Å². The fraction of sp³-hybridized carbons (Fsp3) is 0.478. The predicted molar refractivity (Wildman–Crippen MR) is 116 cm³/mol. The molecule has 8 nitrogen and oxygen atoms in total. The number of carbonyl (C=O) groups is 1. The molecule has 1 amide bonds. The molecular weight excluding hydrogens is 451 g/mol. The van der Waals surface area contributed by atoms with Crippen molar-refractivity contribution in [2.24, 2.45) is 0 Å². The second-order valence-corrected chi connectivity index (χ2v) is 9.50. The Morgan fingerprint density at radius 2 is 1.97 bits per heavy atom. The van der Waals surface area contributed by atoms with Crippen LogP contribution in [0.25, 0.3) is 5.78 Å². The van der Waals surface area contributed by atoms with Gasteiger partial charge in [0.05, 0.1) is 17.4 Å². The van der Waals surface area contributed by atoms with Crippen LogP contribution in [0.15, 0.2) is 30.6 Å². The first-order valence-electron chi connectivity index (χ1n) is 11.0. The van der Waals surface area contributed by atoms with Crippen LogP contribution in [0, 0.1) is 0 Å². The molecule has 0 unspecified atom stereocenters. The first kappa shape index (κ1) is 22.6. The van der Waals surface area contributed by atoms with E-state index >= 15 is 0 Å². The van der Waals surface area contributed by atoms with E-state index in [1.807, 2.05) is 6.20 Å². The first-order chi connectivity index (χ1) is 16.0. The number of nitrogens with one attached hydrogen (secondary N) is 1. The van der Waals surface area contributed by atoms with E-state index in [2.05, 4.69) is 22.2 Å². The Hall–Kier alpha value is -3.21. The summed E-state index contributed by atoms with van der Waals surface area (Å²) in [6.07, 6.45) is 1.07. The number of carbonyl (C=O) groups excluding carboxylic acids is 1. The molecule has 0 radical (unpaired) electrons. The molecule has 6 rings (SSSR count). The van der Waals surface area contributed by atoms with Gasteiger partial charge < -0.3 is 14.8 Å². The summed E-state index contributed by atoms with van der Waals surface area (Å²) in [7, 11) is 0. The molecule has 5 heterocycles. The van der Waals surface area contributed by atoms with Crippen LogP contribution in [0.4, 0.5) is 19.0 Å². The zero-order valence-electron chi connectivity index (χ0n) is 18.9. The van der Waals surface area contributed by atoms with Crippen molar-refractivity contribution in [1.82, 2.24) is 19.4 Å². The van der Waals surface area contributed by atoms with Crippen molar-refractivity contribution in [3.8, 4) is 5.88 Å². The summed E-state index contributed by atoms with van der Waals surface area (Å²) >= 11 is 0. The number of ether oxygens (including phenoxy) is 2. The van der Waals surface area contributed by atoms with Gasteiger partial charge in [-0.3, -0.25) is 9.20 Å². The van der Waals surface area contributed by atoms with Crippen molar-refractivity contribution in [2.45, 2.75) is 63.3 Å². The van der Waals surface area contributed by atoms with Gasteiger partial charge in [0.1, 0.15) is 17.1 Å². The molecule has 3 aromatic rings. The highest BCUT2D eigenvalue weighted by Crippen LogP contribution is 2.57. The van der Waals surface area contributed by atoms with Gasteiger partial charge in [-0.1, -0.05) is 6.07 Å². The largest absolute Gasteiger partial charge is 0.474 e. The van der Waals surface area contributed by atoms with Gasteiger partial charge in [-0.2, -0.15) is 18.2 Å². The molecule has 1 N–H and O–H groups in total. The number of fused-ring (bicyclic) bond motifs is 3. The molecule has 0 aromatic carbocycles. The van der Waals surface area contributed by atoms with E-state index in [0.717, 1.165) is 31.0 Å². The molecule has 180 valence electrons. The van der Waals surface area contributed by atoms with Crippen molar-refractivity contribution in [1.29, 1.82) is 0 Å². The predicted octanol–water partition coefficient (Wildman–Crippen LogP) is 4.39. The van der Waals surface area contributed by atoms with E-state index in [-0.39, 0.29) is 34.4 Å². The summed E-state index contributed by atoms with van der Waals surface area (Å²) in [6.45, 7) is 6.33. The maximum atomic E-state index is 13.0. The van der Waals surface area contributed by atoms with Gasteiger partial charge in [0, 0.05) is 24.4 Å². The van der Waals surface area contributed by atoms with Crippen LogP contribution < -0.4 is 10.1 Å². The summed E-state index contributed by atoms with van der Waals surface area (Å²) in [4.78, 5) is 25.7. The van der Waals surface area contributed by atoms with Crippen LogP contribution in [-0.4, -0.2) is 43.6 Å². The zero-order valence-corrected chi connectivity index (χ0v) is 18.9. The topological polar surface area (TPSA) is 90.6 Å². The maximum Gasteiger partial charge on any atom is 0.433 e. The average Bonchev–Trinajstić information content (AvgIpc) is 3.15. The third-order valence-corrected chi connectivity index (χ3v) is 6.29. The smallest absolute Gasteiger partial charge is 0.433 e. The van der Waals surface area contributed by atoms with E-state index in [1.54, 1.807) is 18.2 Å². The van der Waals surface area contributed by atoms with Gasteiger partial charge in [-0.15, -0.1) is 0 Å². The van der Waals surface area contributed by atoms with Gasteiger partial charge in [-0.05, 0) is 52.2 Å². The third kappa shape index (κ3) is 3.97. The van der Waals surface area contributed by atoms with E-state index < -0.39 is 17.8 Å². The molecular formula is C23H24F3N5O3. The molecule has 11 heteroatoms. The highest BCUT2D eigenvalue weighted by molar-refractivity contribution is 6.05. The molecule has 2 saturated heterocycles. The number of halogens is 3. The number of aromatic nitrogens is 4. The van der Waals surface area contributed by atoms with E-state index in [9.17, 15) is 18.0 Å². The molecule has 1 saturated carbocycles. The Morgan fingerprint density at radius 1 is 1.21 bits per heavy atom. The molecule has 2 aliphatic heterocycles. The molecule has 34 heavy (non-hydrogen) atoms. The lowest BCUT2D eigenvalue weighted by Gasteiger charge is -2.58. The first-order valence-corrected chi connectivity index (χ1v) is 11.0. The third-order valence-electron chi connectivity index (χ3n) is 6.29. The van der Waals surface area contributed by atoms with Crippen LogP contribution in [0.1, 0.15) is 61.8 Å². The zero-order chi connectivity index (χ0) is 24.3. The van der Waals surface area contributed by atoms with Crippen molar-refractivity contribution < 1.29 is 27.4 Å². The van der Waals surface area contributed by atoms with Gasteiger partial charge in [0.25, 0.3) is 5.91 Å².